The van der Waals surface area contributed by atoms with Crippen LogP contribution in [-0.2, 0) is 19.1 Å². The van der Waals surface area contributed by atoms with E-state index >= 15 is 0 Å². The van der Waals surface area contributed by atoms with Crippen molar-refractivity contribution in [2.75, 3.05) is 18.1 Å². The average Bonchev–Trinajstić information content (AvgIpc) is 2.33. The predicted octanol–water partition coefficient (Wildman–Crippen LogP) is 0.597. The lowest BCUT2D eigenvalue weighted by molar-refractivity contribution is -0.151. The molecule has 1 unspecified atom stereocenters. The molecule has 108 valence electrons. The predicted molar refractivity (Wildman–Crippen MR) is 71.2 cm³/mol. The third kappa shape index (κ3) is 9.29. The fourth-order valence-electron chi connectivity index (χ4n) is 0.817. The first-order chi connectivity index (χ1) is 8.86. The highest BCUT2D eigenvalue weighted by molar-refractivity contribution is 7.99. The van der Waals surface area contributed by atoms with E-state index in [1.54, 1.807) is 0 Å². The average molecular weight is 290 g/mol. The molecule has 0 aliphatic rings. The van der Waals surface area contributed by atoms with Gasteiger partial charge in [-0.2, -0.15) is 11.8 Å². The zero-order valence-electron chi connectivity index (χ0n) is 10.8. The Balaban J connectivity index is 3.77. The largest absolute Gasteiger partial charge is 0.394 e. The van der Waals surface area contributed by atoms with E-state index in [1.807, 2.05) is 0 Å². The van der Waals surface area contributed by atoms with E-state index in [2.05, 4.69) is 22.6 Å². The molecule has 0 amide bonds. The van der Waals surface area contributed by atoms with Crippen molar-refractivity contribution in [2.24, 2.45) is 0 Å². The number of esters is 2. The number of aliphatic hydroxyl groups excluding tert-OH is 2. The van der Waals surface area contributed by atoms with Crippen LogP contribution in [0.5, 0.6) is 0 Å². The van der Waals surface area contributed by atoms with Gasteiger partial charge >= 0.3 is 11.9 Å². The SMILES string of the molecule is C=C(OC(=O)CCSCC(O)CO)OC(=O)C(=C)C. The molecule has 6 nitrogen and oxygen atoms in total. The summed E-state index contributed by atoms with van der Waals surface area (Å²) in [4.78, 5) is 22.4. The Morgan fingerprint density at radius 1 is 1.32 bits per heavy atom. The first kappa shape index (κ1) is 17.7. The van der Waals surface area contributed by atoms with Crippen molar-refractivity contribution in [3.63, 3.8) is 0 Å². The quantitative estimate of drug-likeness (QED) is 0.278. The second-order valence-corrected chi connectivity index (χ2v) is 4.83. The Labute approximate surface area is 116 Å². The highest BCUT2D eigenvalue weighted by atomic mass is 32.2. The monoisotopic (exact) mass is 290 g/mol. The summed E-state index contributed by atoms with van der Waals surface area (Å²) in [6, 6.07) is 0. The fraction of sp³-hybridized carbons (Fsp3) is 0.500. The minimum Gasteiger partial charge on any atom is -0.394 e. The molecule has 1 atom stereocenters. The molecule has 0 aliphatic heterocycles. The van der Waals surface area contributed by atoms with Gasteiger partial charge in [0.15, 0.2) is 0 Å². The number of thioether (sulfide) groups is 1. The van der Waals surface area contributed by atoms with Gasteiger partial charge in [0.25, 0.3) is 5.95 Å². The van der Waals surface area contributed by atoms with Crippen molar-refractivity contribution in [3.8, 4) is 0 Å². The van der Waals surface area contributed by atoms with Gasteiger partial charge in [0.05, 0.1) is 19.1 Å². The van der Waals surface area contributed by atoms with Crippen LogP contribution in [0.15, 0.2) is 24.7 Å². The van der Waals surface area contributed by atoms with Crippen molar-refractivity contribution in [2.45, 2.75) is 19.4 Å². The van der Waals surface area contributed by atoms with E-state index < -0.39 is 24.0 Å². The van der Waals surface area contributed by atoms with Gasteiger partial charge in [-0.05, 0) is 13.5 Å². The topological polar surface area (TPSA) is 93.1 Å². The minimum atomic E-state index is -0.799. The van der Waals surface area contributed by atoms with Gasteiger partial charge in [-0.1, -0.05) is 6.58 Å². The third-order valence-electron chi connectivity index (χ3n) is 1.75. The summed E-state index contributed by atoms with van der Waals surface area (Å²) in [5, 5.41) is 17.6. The fourth-order valence-corrected chi connectivity index (χ4v) is 1.67. The molecule has 7 heteroatoms. The molecular formula is C12H18O6S. The van der Waals surface area contributed by atoms with Crippen LogP contribution in [0.1, 0.15) is 13.3 Å². The summed E-state index contributed by atoms with van der Waals surface area (Å²) in [7, 11) is 0. The van der Waals surface area contributed by atoms with Crippen LogP contribution < -0.4 is 0 Å². The number of carbonyl (C=O) groups is 2. The normalized spacial score (nSPS) is 11.5. The number of aliphatic hydroxyl groups is 2. The van der Waals surface area contributed by atoms with E-state index in [0.29, 0.717) is 11.5 Å². The van der Waals surface area contributed by atoms with Crippen LogP contribution >= 0.6 is 11.8 Å². The highest BCUT2D eigenvalue weighted by Gasteiger charge is 2.11. The zero-order valence-corrected chi connectivity index (χ0v) is 11.6. The molecule has 0 saturated heterocycles. The molecule has 0 bridgehead atoms. The lowest BCUT2D eigenvalue weighted by Gasteiger charge is -2.08. The lowest BCUT2D eigenvalue weighted by atomic mass is 10.4. The molecule has 0 rings (SSSR count). The summed E-state index contributed by atoms with van der Waals surface area (Å²) < 4.78 is 9.25. The van der Waals surface area contributed by atoms with Crippen molar-refractivity contribution in [1.29, 1.82) is 0 Å². The van der Waals surface area contributed by atoms with Crippen LogP contribution in [0.3, 0.4) is 0 Å². The third-order valence-corrected chi connectivity index (χ3v) is 2.87. The van der Waals surface area contributed by atoms with Gasteiger partial charge in [-0.25, -0.2) is 4.79 Å². The van der Waals surface area contributed by atoms with Crippen LogP contribution in [0.4, 0.5) is 0 Å². The molecule has 0 fully saturated rings. The smallest absolute Gasteiger partial charge is 0.340 e. The first-order valence-corrected chi connectivity index (χ1v) is 6.66. The number of hydrogen-bond donors (Lipinski definition) is 2. The van der Waals surface area contributed by atoms with Gasteiger partial charge < -0.3 is 19.7 Å². The van der Waals surface area contributed by atoms with E-state index in [1.165, 1.54) is 18.7 Å². The van der Waals surface area contributed by atoms with Crippen molar-refractivity contribution >= 4 is 23.7 Å². The Bertz CT molecular complexity index is 352. The van der Waals surface area contributed by atoms with Gasteiger partial charge in [0, 0.05) is 17.1 Å². The molecule has 0 aromatic carbocycles. The van der Waals surface area contributed by atoms with Gasteiger partial charge in [-0.15, -0.1) is 0 Å². The van der Waals surface area contributed by atoms with Crippen molar-refractivity contribution < 1.29 is 29.3 Å². The standard InChI is InChI=1S/C12H18O6S/c1-8(2)12(16)18-9(3)17-11(15)4-5-19-7-10(14)6-13/h10,13-14H,1,3-7H2,2H3. The molecule has 0 aromatic heterocycles. The van der Waals surface area contributed by atoms with E-state index in [4.69, 9.17) is 10.2 Å². The Morgan fingerprint density at radius 2 is 1.95 bits per heavy atom. The van der Waals surface area contributed by atoms with Gasteiger partial charge in [0.2, 0.25) is 0 Å². The zero-order chi connectivity index (χ0) is 14.8. The second-order valence-electron chi connectivity index (χ2n) is 3.68. The Morgan fingerprint density at radius 3 is 2.47 bits per heavy atom. The molecule has 0 aliphatic carbocycles. The van der Waals surface area contributed by atoms with Crippen LogP contribution in [0, 0.1) is 0 Å². The maximum absolute atomic E-state index is 11.3. The van der Waals surface area contributed by atoms with Crippen LogP contribution in [0.2, 0.25) is 0 Å². The molecule has 0 spiro atoms. The van der Waals surface area contributed by atoms with Crippen LogP contribution in [-0.4, -0.2) is 46.4 Å². The summed E-state index contributed by atoms with van der Waals surface area (Å²) in [6.07, 6.45) is -0.723. The van der Waals surface area contributed by atoms with E-state index in [9.17, 15) is 9.59 Å². The Hall–Kier alpha value is -1.31. The maximum Gasteiger partial charge on any atom is 0.340 e. The van der Waals surface area contributed by atoms with Crippen molar-refractivity contribution in [3.05, 3.63) is 24.7 Å². The second kappa shape index (κ2) is 9.60. The van der Waals surface area contributed by atoms with Crippen LogP contribution in [0.25, 0.3) is 0 Å². The van der Waals surface area contributed by atoms with Gasteiger partial charge in [0.1, 0.15) is 0 Å². The van der Waals surface area contributed by atoms with Crippen molar-refractivity contribution in [1.82, 2.24) is 0 Å². The first-order valence-electron chi connectivity index (χ1n) is 5.50. The van der Waals surface area contributed by atoms with E-state index in [-0.39, 0.29) is 18.6 Å². The maximum atomic E-state index is 11.3. The number of hydrogen-bond acceptors (Lipinski definition) is 7. The van der Waals surface area contributed by atoms with Gasteiger partial charge in [-0.3, -0.25) is 4.79 Å². The minimum absolute atomic E-state index is 0.0759. The summed E-state index contributed by atoms with van der Waals surface area (Å²) in [6.45, 7) is 7.79. The molecule has 19 heavy (non-hydrogen) atoms. The molecule has 2 N–H and O–H groups in total. The molecule has 0 radical (unpaired) electrons. The summed E-state index contributed by atoms with van der Waals surface area (Å²) >= 11 is 1.30. The molecular weight excluding hydrogens is 272 g/mol. The molecule has 0 aromatic rings. The molecule has 0 heterocycles. The van der Waals surface area contributed by atoms with E-state index in [0.717, 1.165) is 0 Å². The Kier molecular flexibility index (Phi) is 8.94. The number of carbonyl (C=O) groups excluding carboxylic acids is 2. The molecule has 0 saturated carbocycles. The highest BCUT2D eigenvalue weighted by Crippen LogP contribution is 2.08. The summed E-state index contributed by atoms with van der Waals surface area (Å²) in [5.74, 6) is -0.949. The number of ether oxygens (including phenoxy) is 2. The number of rotatable bonds is 9. The lowest BCUT2D eigenvalue weighted by Crippen LogP contribution is -2.16. The summed E-state index contributed by atoms with van der Waals surface area (Å²) in [5.41, 5.74) is 0.172.